The Kier molecular flexibility index (Phi) is 10.9. The van der Waals surface area contributed by atoms with Gasteiger partial charge in [-0.15, -0.1) is 0 Å². The van der Waals surface area contributed by atoms with Gasteiger partial charge in [0.1, 0.15) is 6.61 Å². The average molecular weight is 579 g/mol. The molecular formula is C21H20F10FeNOP+2. The van der Waals surface area contributed by atoms with E-state index in [1.54, 1.807) is 20.8 Å². The molecule has 3 rings (SSSR count). The molecule has 1 heterocycles. The van der Waals surface area contributed by atoms with Gasteiger partial charge in [-0.25, -0.2) is 4.99 Å². The van der Waals surface area contributed by atoms with Crippen LogP contribution in [0.1, 0.15) is 20.8 Å². The van der Waals surface area contributed by atoms with Crippen LogP contribution in [-0.2, 0) is 21.8 Å². The minimum absolute atomic E-state index is 0. The van der Waals surface area contributed by atoms with Crippen molar-refractivity contribution in [1.82, 2.24) is 0 Å². The van der Waals surface area contributed by atoms with Gasteiger partial charge in [-0.05, 0) is 56.8 Å². The van der Waals surface area contributed by atoms with Gasteiger partial charge in [0.15, 0.2) is 5.90 Å². The Morgan fingerprint density at radius 3 is 1.51 bits per heavy atom. The molecule has 10 radical (unpaired) electrons. The normalized spacial score (nSPS) is 23.0. The van der Waals surface area contributed by atoms with E-state index in [-0.39, 0.29) is 23.7 Å². The molecule has 1 aliphatic heterocycles. The van der Waals surface area contributed by atoms with E-state index in [1.807, 2.05) is 32.1 Å². The number of ether oxygens (including phenoxy) is 1. The predicted octanol–water partition coefficient (Wildman–Crippen LogP) is 7.37. The molecule has 35 heavy (non-hydrogen) atoms. The number of alkyl halides is 10. The van der Waals surface area contributed by atoms with Crippen LogP contribution in [0.2, 0.25) is 0 Å². The molecule has 2 saturated carbocycles. The molecule has 196 valence electrons. The van der Waals surface area contributed by atoms with Crippen LogP contribution >= 0.6 is 7.92 Å². The number of aliphatic imine (C=N–C) groups is 1. The molecule has 0 saturated heterocycles. The van der Waals surface area contributed by atoms with Crippen molar-refractivity contribution in [2.24, 2.45) is 10.4 Å². The van der Waals surface area contributed by atoms with Crippen LogP contribution in [0.3, 0.4) is 0 Å². The molecule has 1 atom stereocenters. The Balaban J connectivity index is 0.000000904. The Morgan fingerprint density at radius 1 is 0.743 bits per heavy atom. The molecular weight excluding hydrogens is 559 g/mol. The molecule has 0 unspecified atom stereocenters. The molecule has 0 spiro atoms. The van der Waals surface area contributed by atoms with Crippen molar-refractivity contribution >= 4 is 13.8 Å². The monoisotopic (exact) mass is 579 g/mol. The summed E-state index contributed by atoms with van der Waals surface area (Å²) in [5, 5.41) is 0. The van der Waals surface area contributed by atoms with E-state index in [0.717, 1.165) is 12.8 Å². The molecule has 0 aromatic carbocycles. The molecule has 0 N–H and O–H groups in total. The summed E-state index contributed by atoms with van der Waals surface area (Å²) in [4.78, 5) is 3.99. The SMILES string of the molecule is CC(C)(C)[C@H]1COC([C]2[CH][CH][CH][C]2P(C(F)(F)C(F)(F)F)C(F)(F)C(F)(F)F)=N1.[CH]1[CH][CH][CH][CH]1.[Fe+2]. The summed E-state index contributed by atoms with van der Waals surface area (Å²) in [6.45, 7) is 5.00. The third-order valence-electron chi connectivity index (χ3n) is 4.71. The van der Waals surface area contributed by atoms with E-state index in [2.05, 4.69) is 4.99 Å². The summed E-state index contributed by atoms with van der Waals surface area (Å²) in [6, 6.07) is -0.599. The van der Waals surface area contributed by atoms with Crippen LogP contribution in [-0.4, -0.2) is 42.2 Å². The van der Waals surface area contributed by atoms with E-state index >= 15 is 0 Å². The zero-order valence-electron chi connectivity index (χ0n) is 18.3. The third-order valence-corrected chi connectivity index (χ3v) is 7.22. The molecule has 2 fully saturated rings. The molecule has 2 nitrogen and oxygen atoms in total. The second kappa shape index (κ2) is 11.6. The predicted molar refractivity (Wildman–Crippen MR) is 106 cm³/mol. The van der Waals surface area contributed by atoms with Crippen molar-refractivity contribution in [3.05, 3.63) is 62.9 Å². The average Bonchev–Trinajstić information content (AvgIpc) is 3.41. The number of hydrogen-bond donors (Lipinski definition) is 0. The number of halogens is 10. The van der Waals surface area contributed by atoms with Crippen LogP contribution in [0.15, 0.2) is 4.99 Å². The van der Waals surface area contributed by atoms with Crippen molar-refractivity contribution in [2.75, 3.05) is 6.61 Å². The van der Waals surface area contributed by atoms with Gasteiger partial charge < -0.3 is 4.74 Å². The van der Waals surface area contributed by atoms with E-state index in [9.17, 15) is 43.9 Å². The van der Waals surface area contributed by atoms with Gasteiger partial charge in [-0.2, -0.15) is 43.9 Å². The Labute approximate surface area is 210 Å². The fraction of sp³-hybridized carbons (Fsp3) is 0.476. The van der Waals surface area contributed by atoms with Crippen LogP contribution in [0.5, 0.6) is 0 Å². The van der Waals surface area contributed by atoms with Gasteiger partial charge in [0.2, 0.25) is 0 Å². The molecule has 0 amide bonds. The molecule has 0 aromatic rings. The summed E-state index contributed by atoms with van der Waals surface area (Å²) in [5.41, 5.74) is -14.7. The summed E-state index contributed by atoms with van der Waals surface area (Å²) >= 11 is 0. The van der Waals surface area contributed by atoms with Crippen LogP contribution in [0.4, 0.5) is 43.9 Å². The fourth-order valence-electron chi connectivity index (χ4n) is 2.80. The smallest absolute Gasteiger partial charge is 0.478 e. The first-order valence-electron chi connectivity index (χ1n) is 9.64. The van der Waals surface area contributed by atoms with E-state index in [4.69, 9.17) is 4.74 Å². The largest absolute Gasteiger partial charge is 2.00 e. The quantitative estimate of drug-likeness (QED) is 0.194. The van der Waals surface area contributed by atoms with Gasteiger partial charge in [0.25, 0.3) is 0 Å². The van der Waals surface area contributed by atoms with Crippen molar-refractivity contribution in [3.8, 4) is 0 Å². The summed E-state index contributed by atoms with van der Waals surface area (Å²) in [7, 11) is -5.44. The second-order valence-corrected chi connectivity index (χ2v) is 10.6. The van der Waals surface area contributed by atoms with Gasteiger partial charge in [0, 0.05) is 5.66 Å². The van der Waals surface area contributed by atoms with E-state index < -0.39 is 60.5 Å². The standard InChI is InChI=1S/C16H15F10NOP.C5H5.Fe/c1-12(2,3)10-7-28-11(27-10)8-5-4-6-9(8)29(15(23,24)13(17,18)19)16(25,26)14(20,21)22;1-2-4-5-3-1;/h4-6,10H,7H2,1-3H3;1-5H;/q;;+2/t10-;;/m1../s1. The first-order valence-corrected chi connectivity index (χ1v) is 11.0. The minimum atomic E-state index is -6.63. The van der Waals surface area contributed by atoms with Crippen LogP contribution < -0.4 is 0 Å². The maximum absolute atomic E-state index is 14.0. The topological polar surface area (TPSA) is 21.6 Å². The first kappa shape index (κ1) is 32.7. The summed E-state index contributed by atoms with van der Waals surface area (Å²) in [6.07, 6.45) is -1.25. The molecule has 3 aliphatic rings. The molecule has 2 aliphatic carbocycles. The molecule has 14 heteroatoms. The molecule has 0 bridgehead atoms. The summed E-state index contributed by atoms with van der Waals surface area (Å²) in [5.74, 6) is -1.29. The Bertz CT molecular complexity index is 683. The first-order chi connectivity index (χ1) is 15.3. The fourth-order valence-corrected chi connectivity index (χ4v) is 4.92. The van der Waals surface area contributed by atoms with E-state index in [1.165, 1.54) is 0 Å². The van der Waals surface area contributed by atoms with Crippen LogP contribution in [0.25, 0.3) is 0 Å². The van der Waals surface area contributed by atoms with Gasteiger partial charge >= 0.3 is 40.7 Å². The number of rotatable bonds is 4. The third kappa shape index (κ3) is 7.40. The van der Waals surface area contributed by atoms with Crippen molar-refractivity contribution in [1.29, 1.82) is 0 Å². The number of nitrogens with zero attached hydrogens (tertiary/aromatic N) is 1. The van der Waals surface area contributed by atoms with E-state index in [0.29, 0.717) is 6.42 Å². The Morgan fingerprint density at radius 2 is 1.17 bits per heavy atom. The van der Waals surface area contributed by atoms with Crippen molar-refractivity contribution in [2.45, 2.75) is 50.5 Å². The second-order valence-electron chi connectivity index (χ2n) is 8.33. The van der Waals surface area contributed by atoms with Crippen molar-refractivity contribution in [3.63, 3.8) is 0 Å². The van der Waals surface area contributed by atoms with Gasteiger partial charge in [0.05, 0.1) is 19.9 Å². The summed E-state index contributed by atoms with van der Waals surface area (Å²) < 4.78 is 138. The van der Waals surface area contributed by atoms with Gasteiger partial charge in [-0.3, -0.25) is 0 Å². The zero-order valence-corrected chi connectivity index (χ0v) is 20.3. The van der Waals surface area contributed by atoms with Crippen molar-refractivity contribution < 1.29 is 65.7 Å². The minimum Gasteiger partial charge on any atom is -0.478 e. The van der Waals surface area contributed by atoms with Gasteiger partial charge in [-0.1, -0.05) is 20.8 Å². The van der Waals surface area contributed by atoms with Crippen LogP contribution in [0, 0.1) is 68.4 Å². The zero-order chi connectivity index (χ0) is 26.2. The Hall–Kier alpha value is -0.281. The maximum atomic E-state index is 14.0. The maximum Gasteiger partial charge on any atom is 2.00 e. The molecule has 0 aromatic heterocycles. The number of hydrogen-bond acceptors (Lipinski definition) is 2.